The van der Waals surface area contributed by atoms with E-state index in [0.29, 0.717) is 21.9 Å². The van der Waals surface area contributed by atoms with Crippen molar-refractivity contribution < 1.29 is 0 Å². The summed E-state index contributed by atoms with van der Waals surface area (Å²) in [6, 6.07) is 12.6. The number of hydrogen-bond donors (Lipinski definition) is 1. The molecule has 1 nitrogen and oxygen atoms in total. The van der Waals surface area contributed by atoms with Gasteiger partial charge in [-0.25, -0.2) is 0 Å². The van der Waals surface area contributed by atoms with E-state index in [1.807, 2.05) is 18.2 Å². The maximum absolute atomic E-state index is 6.53. The molecule has 5 atom stereocenters. The number of hydrogen-bond acceptors (Lipinski definition) is 1. The van der Waals surface area contributed by atoms with Gasteiger partial charge in [0.05, 0.1) is 26.8 Å². The number of fused-ring (bicyclic) bond motifs is 7. The number of nitrogens with one attached hydrogen (secondary N) is 1. The van der Waals surface area contributed by atoms with Crippen LogP contribution in [-0.4, -0.2) is 0 Å². The summed E-state index contributed by atoms with van der Waals surface area (Å²) < 4.78 is 0. The van der Waals surface area contributed by atoms with Gasteiger partial charge >= 0.3 is 0 Å². The summed E-state index contributed by atoms with van der Waals surface area (Å²) in [7, 11) is 0. The highest BCUT2D eigenvalue weighted by molar-refractivity contribution is 6.42. The Hall–Kier alpha value is -0.890. The smallest absolute Gasteiger partial charge is 0.0640 e. The molecule has 2 aromatic carbocycles. The standard InChI is InChI=1S/C20H18Cl3N/c21-14-7-6-12(9-16(14)23)19-18-11-5-4-10(8-11)17(18)13-2-1-3-15(22)20(13)24-19/h1-3,6-7,9-11,17-19,24H,4-5,8H2/t10-,11+,17-,18-,19?/m1/s1. The van der Waals surface area contributed by atoms with Crippen LogP contribution in [-0.2, 0) is 0 Å². The Labute approximate surface area is 157 Å². The largest absolute Gasteiger partial charge is 0.376 e. The molecule has 3 aliphatic rings. The van der Waals surface area contributed by atoms with Crippen molar-refractivity contribution >= 4 is 40.5 Å². The van der Waals surface area contributed by atoms with Gasteiger partial charge in [0.25, 0.3) is 0 Å². The summed E-state index contributed by atoms with van der Waals surface area (Å²) in [6.45, 7) is 0. The third-order valence-corrected chi connectivity index (χ3v) is 7.43. The van der Waals surface area contributed by atoms with E-state index >= 15 is 0 Å². The highest BCUT2D eigenvalue weighted by atomic mass is 35.5. The van der Waals surface area contributed by atoms with Crippen molar-refractivity contribution in [3.63, 3.8) is 0 Å². The lowest BCUT2D eigenvalue weighted by molar-refractivity contribution is 0.247. The van der Waals surface area contributed by atoms with Crippen molar-refractivity contribution in [3.05, 3.63) is 62.6 Å². The van der Waals surface area contributed by atoms with E-state index in [9.17, 15) is 0 Å². The SMILES string of the molecule is Clc1ccc(C2Nc3c(Cl)cccc3[C@H]3[C@@H]4CC[C@@H](C4)[C@@H]23)cc1Cl. The monoisotopic (exact) mass is 377 g/mol. The molecule has 1 heterocycles. The van der Waals surface area contributed by atoms with E-state index < -0.39 is 0 Å². The van der Waals surface area contributed by atoms with E-state index in [2.05, 4.69) is 23.5 Å². The predicted molar refractivity (Wildman–Crippen MR) is 101 cm³/mol. The van der Waals surface area contributed by atoms with Crippen LogP contribution < -0.4 is 5.32 Å². The van der Waals surface area contributed by atoms with Gasteiger partial charge in [0.15, 0.2) is 0 Å². The number of para-hydroxylation sites is 1. The maximum atomic E-state index is 6.53. The molecule has 2 aromatic rings. The van der Waals surface area contributed by atoms with Gasteiger partial charge < -0.3 is 5.32 Å². The van der Waals surface area contributed by atoms with Crippen molar-refractivity contribution in [2.45, 2.75) is 31.2 Å². The summed E-state index contributed by atoms with van der Waals surface area (Å²) in [5, 5.41) is 5.81. The number of benzene rings is 2. The maximum Gasteiger partial charge on any atom is 0.0640 e. The van der Waals surface area contributed by atoms with Crippen LogP contribution in [0.5, 0.6) is 0 Å². The topological polar surface area (TPSA) is 12.0 Å². The fraction of sp³-hybridized carbons (Fsp3) is 0.400. The van der Waals surface area contributed by atoms with Crippen LogP contribution in [0.2, 0.25) is 15.1 Å². The Kier molecular flexibility index (Phi) is 3.56. The third-order valence-electron chi connectivity index (χ3n) is 6.37. The highest BCUT2D eigenvalue weighted by Gasteiger charge is 2.54. The van der Waals surface area contributed by atoms with Crippen molar-refractivity contribution in [3.8, 4) is 0 Å². The fourth-order valence-corrected chi connectivity index (χ4v) is 6.05. The summed E-state index contributed by atoms with van der Waals surface area (Å²) >= 11 is 19.0. The molecule has 2 aliphatic carbocycles. The molecule has 1 aliphatic heterocycles. The van der Waals surface area contributed by atoms with Gasteiger partial charge in [-0.3, -0.25) is 0 Å². The minimum absolute atomic E-state index is 0.257. The zero-order chi connectivity index (χ0) is 16.4. The van der Waals surface area contributed by atoms with Gasteiger partial charge in [0.1, 0.15) is 0 Å². The Balaban J connectivity index is 1.66. The lowest BCUT2D eigenvalue weighted by Crippen LogP contribution is -2.35. The van der Waals surface area contributed by atoms with Gasteiger partial charge in [-0.1, -0.05) is 53.0 Å². The Morgan fingerprint density at radius 2 is 1.71 bits per heavy atom. The van der Waals surface area contributed by atoms with Crippen molar-refractivity contribution in [1.29, 1.82) is 0 Å². The zero-order valence-electron chi connectivity index (χ0n) is 13.1. The van der Waals surface area contributed by atoms with Gasteiger partial charge in [0.2, 0.25) is 0 Å². The van der Waals surface area contributed by atoms with Crippen LogP contribution in [0.1, 0.15) is 42.3 Å². The summed E-state index contributed by atoms with van der Waals surface area (Å²) in [5.74, 6) is 2.81. The molecule has 1 unspecified atom stereocenters. The molecule has 24 heavy (non-hydrogen) atoms. The molecule has 124 valence electrons. The first-order valence-corrected chi connectivity index (χ1v) is 9.77. The Bertz CT molecular complexity index is 819. The second kappa shape index (κ2) is 5.56. The second-order valence-corrected chi connectivity index (χ2v) is 8.66. The molecule has 5 rings (SSSR count). The number of rotatable bonds is 1. The Morgan fingerprint density at radius 3 is 2.54 bits per heavy atom. The summed E-state index contributed by atoms with van der Waals surface area (Å²) in [5.41, 5.74) is 3.75. The minimum Gasteiger partial charge on any atom is -0.376 e. The van der Waals surface area contributed by atoms with Crippen molar-refractivity contribution in [2.24, 2.45) is 17.8 Å². The molecule has 1 N–H and O–H groups in total. The van der Waals surface area contributed by atoms with Gasteiger partial charge in [-0.2, -0.15) is 0 Å². The van der Waals surface area contributed by atoms with Gasteiger partial charge in [-0.05, 0) is 72.3 Å². The molecule has 0 saturated heterocycles. The molecular weight excluding hydrogens is 361 g/mol. The van der Waals surface area contributed by atoms with Crippen LogP contribution in [0.25, 0.3) is 0 Å². The summed E-state index contributed by atoms with van der Waals surface area (Å²) in [4.78, 5) is 0. The number of halogens is 3. The lowest BCUT2D eigenvalue weighted by Gasteiger charge is -2.43. The molecule has 2 fully saturated rings. The molecular formula is C20H18Cl3N. The van der Waals surface area contributed by atoms with E-state index in [4.69, 9.17) is 34.8 Å². The zero-order valence-corrected chi connectivity index (χ0v) is 15.4. The van der Waals surface area contributed by atoms with Crippen LogP contribution >= 0.6 is 34.8 Å². The highest BCUT2D eigenvalue weighted by Crippen LogP contribution is 2.64. The first-order chi connectivity index (χ1) is 11.6. The van der Waals surface area contributed by atoms with Crippen LogP contribution in [0.4, 0.5) is 5.69 Å². The molecule has 0 amide bonds. The molecule has 0 spiro atoms. The van der Waals surface area contributed by atoms with Crippen LogP contribution in [0, 0.1) is 17.8 Å². The van der Waals surface area contributed by atoms with Crippen molar-refractivity contribution in [2.75, 3.05) is 5.32 Å². The first kappa shape index (κ1) is 15.4. The van der Waals surface area contributed by atoms with Crippen LogP contribution in [0.3, 0.4) is 0 Å². The lowest BCUT2D eigenvalue weighted by atomic mass is 9.68. The number of anilines is 1. The Morgan fingerprint density at radius 1 is 0.875 bits per heavy atom. The van der Waals surface area contributed by atoms with Gasteiger partial charge in [-0.15, -0.1) is 0 Å². The quantitative estimate of drug-likeness (QED) is 0.566. The van der Waals surface area contributed by atoms with Crippen LogP contribution in [0.15, 0.2) is 36.4 Å². The third kappa shape index (κ3) is 2.14. The molecule has 2 saturated carbocycles. The average Bonchev–Trinajstić information content (AvgIpc) is 3.19. The molecule has 2 bridgehead atoms. The van der Waals surface area contributed by atoms with E-state index in [-0.39, 0.29) is 6.04 Å². The fourth-order valence-electron chi connectivity index (χ4n) is 5.51. The predicted octanol–water partition coefficient (Wildman–Crippen LogP) is 6.94. The normalized spacial score (nSPS) is 33.0. The summed E-state index contributed by atoms with van der Waals surface area (Å²) in [6.07, 6.45) is 4.05. The molecule has 4 heteroatoms. The molecule has 0 radical (unpaired) electrons. The van der Waals surface area contributed by atoms with E-state index in [1.165, 1.54) is 30.4 Å². The first-order valence-electron chi connectivity index (χ1n) is 8.63. The van der Waals surface area contributed by atoms with Gasteiger partial charge in [0, 0.05) is 0 Å². The molecule has 0 aromatic heterocycles. The van der Waals surface area contributed by atoms with E-state index in [1.54, 1.807) is 0 Å². The minimum atomic E-state index is 0.257. The van der Waals surface area contributed by atoms with E-state index in [0.717, 1.165) is 22.5 Å². The average molecular weight is 379 g/mol. The van der Waals surface area contributed by atoms with Crippen molar-refractivity contribution in [1.82, 2.24) is 0 Å². The second-order valence-electron chi connectivity index (χ2n) is 7.44.